The van der Waals surface area contributed by atoms with Gasteiger partial charge < -0.3 is 10.2 Å². The van der Waals surface area contributed by atoms with Crippen molar-refractivity contribution in [2.75, 3.05) is 19.6 Å². The summed E-state index contributed by atoms with van der Waals surface area (Å²) in [6, 6.07) is 8.89. The predicted molar refractivity (Wildman–Crippen MR) is 98.9 cm³/mol. The molecular weight excluding hydrogens is 296 g/mol. The van der Waals surface area contributed by atoms with E-state index in [1.54, 1.807) is 0 Å². The second-order valence-electron chi connectivity index (χ2n) is 8.83. The fourth-order valence-electron chi connectivity index (χ4n) is 4.20. The van der Waals surface area contributed by atoms with E-state index in [-0.39, 0.29) is 17.4 Å². The fraction of sp³-hybridized carbons (Fsp3) is 0.667. The van der Waals surface area contributed by atoms with Crippen LogP contribution in [0.4, 0.5) is 0 Å². The molecule has 1 heterocycles. The summed E-state index contributed by atoms with van der Waals surface area (Å²) in [6.07, 6.45) is 1.23. The maximum Gasteiger partial charge on any atom is 0.225 e. The van der Waals surface area contributed by atoms with Gasteiger partial charge in [0, 0.05) is 36.9 Å². The minimum Gasteiger partial charge on any atom is -0.348 e. The predicted octanol–water partition coefficient (Wildman–Crippen LogP) is 3.97. The fourth-order valence-corrected chi connectivity index (χ4v) is 4.20. The number of carbonyl (C=O) groups excluding carboxylic acids is 1. The SMILES string of the molecule is CCC(C)CN1C[C@@H]2[C@H](NC(=O)C(C)(C)C)c3ccccc3[C@@H]2C1. The molecule has 0 bridgehead atoms. The normalized spacial score (nSPS) is 27.6. The standard InChI is InChI=1S/C21H32N2O/c1-6-14(2)11-23-12-17-15-9-7-8-10-16(15)19(18(17)13-23)22-20(24)21(3,4)5/h7-10,14,17-19H,6,11-13H2,1-5H3,(H,22,24)/t14?,17-,18-,19+/m0/s1. The minimum absolute atomic E-state index is 0.156. The molecule has 1 unspecified atom stereocenters. The maximum absolute atomic E-state index is 12.6. The third kappa shape index (κ3) is 3.23. The van der Waals surface area contributed by atoms with E-state index in [9.17, 15) is 4.79 Å². The lowest BCUT2D eigenvalue weighted by Gasteiger charge is -2.27. The van der Waals surface area contributed by atoms with Gasteiger partial charge in [-0.3, -0.25) is 4.79 Å². The van der Waals surface area contributed by atoms with Crippen LogP contribution in [0, 0.1) is 17.3 Å². The van der Waals surface area contributed by atoms with E-state index in [2.05, 4.69) is 48.3 Å². The van der Waals surface area contributed by atoms with Gasteiger partial charge in [0.2, 0.25) is 5.91 Å². The molecule has 3 heteroatoms. The van der Waals surface area contributed by atoms with Crippen LogP contribution in [0.5, 0.6) is 0 Å². The van der Waals surface area contributed by atoms with Crippen molar-refractivity contribution in [3.05, 3.63) is 35.4 Å². The van der Waals surface area contributed by atoms with Gasteiger partial charge in [0.05, 0.1) is 6.04 Å². The first-order valence-corrected chi connectivity index (χ1v) is 9.43. The lowest BCUT2D eigenvalue weighted by Crippen LogP contribution is -2.40. The topological polar surface area (TPSA) is 32.3 Å². The van der Waals surface area contributed by atoms with Crippen LogP contribution in [0.1, 0.15) is 64.1 Å². The lowest BCUT2D eigenvalue weighted by molar-refractivity contribution is -0.129. The molecule has 0 radical (unpaired) electrons. The number of nitrogens with one attached hydrogen (secondary N) is 1. The molecule has 1 amide bonds. The quantitative estimate of drug-likeness (QED) is 0.907. The number of fused-ring (bicyclic) bond motifs is 3. The van der Waals surface area contributed by atoms with Gasteiger partial charge in [-0.2, -0.15) is 0 Å². The molecule has 0 saturated carbocycles. The number of amides is 1. The number of rotatable bonds is 4. The van der Waals surface area contributed by atoms with E-state index >= 15 is 0 Å². The van der Waals surface area contributed by atoms with Gasteiger partial charge in [-0.1, -0.05) is 65.3 Å². The highest BCUT2D eigenvalue weighted by Gasteiger charge is 2.47. The highest BCUT2D eigenvalue weighted by Crippen LogP contribution is 2.49. The van der Waals surface area contributed by atoms with Crippen LogP contribution in [0.2, 0.25) is 0 Å². The monoisotopic (exact) mass is 328 g/mol. The Labute approximate surface area is 146 Å². The van der Waals surface area contributed by atoms with Crippen molar-refractivity contribution in [1.29, 1.82) is 0 Å². The maximum atomic E-state index is 12.6. The smallest absolute Gasteiger partial charge is 0.225 e. The van der Waals surface area contributed by atoms with Gasteiger partial charge in [0.25, 0.3) is 0 Å². The molecule has 0 aromatic heterocycles. The second-order valence-corrected chi connectivity index (χ2v) is 8.83. The van der Waals surface area contributed by atoms with Crippen molar-refractivity contribution in [3.8, 4) is 0 Å². The van der Waals surface area contributed by atoms with E-state index in [1.165, 1.54) is 24.1 Å². The molecule has 3 nitrogen and oxygen atoms in total. The van der Waals surface area contributed by atoms with Crippen LogP contribution in [-0.4, -0.2) is 30.4 Å². The summed E-state index contributed by atoms with van der Waals surface area (Å²) in [5.41, 5.74) is 2.45. The second kappa shape index (κ2) is 6.51. The van der Waals surface area contributed by atoms with Crippen LogP contribution in [0.15, 0.2) is 24.3 Å². The third-order valence-corrected chi connectivity index (χ3v) is 5.83. The molecule has 2 aliphatic rings. The molecule has 1 aliphatic heterocycles. The highest BCUT2D eigenvalue weighted by atomic mass is 16.2. The average molecular weight is 329 g/mol. The molecule has 1 aliphatic carbocycles. The lowest BCUT2D eigenvalue weighted by atomic mass is 9.91. The Morgan fingerprint density at radius 2 is 1.92 bits per heavy atom. The Hall–Kier alpha value is -1.35. The van der Waals surface area contributed by atoms with E-state index in [1.807, 2.05) is 20.8 Å². The van der Waals surface area contributed by atoms with Crippen molar-refractivity contribution in [3.63, 3.8) is 0 Å². The Bertz CT molecular complexity index is 604. The Kier molecular flexibility index (Phi) is 4.74. The molecule has 24 heavy (non-hydrogen) atoms. The first kappa shape index (κ1) is 17.5. The van der Waals surface area contributed by atoms with Crippen molar-refractivity contribution in [2.45, 2.75) is 53.0 Å². The molecule has 1 fully saturated rings. The van der Waals surface area contributed by atoms with Crippen LogP contribution >= 0.6 is 0 Å². The van der Waals surface area contributed by atoms with Crippen molar-refractivity contribution >= 4 is 5.91 Å². The van der Waals surface area contributed by atoms with Crippen LogP contribution in [0.3, 0.4) is 0 Å². The summed E-state index contributed by atoms with van der Waals surface area (Å²) in [6.45, 7) is 14.0. The molecule has 3 rings (SSSR count). The Morgan fingerprint density at radius 1 is 1.25 bits per heavy atom. The highest BCUT2D eigenvalue weighted by molar-refractivity contribution is 5.82. The number of benzene rings is 1. The summed E-state index contributed by atoms with van der Waals surface area (Å²) >= 11 is 0. The van der Waals surface area contributed by atoms with Crippen molar-refractivity contribution in [1.82, 2.24) is 10.2 Å². The van der Waals surface area contributed by atoms with E-state index in [0.717, 1.165) is 19.0 Å². The molecule has 0 spiro atoms. The van der Waals surface area contributed by atoms with Gasteiger partial charge in [0.1, 0.15) is 0 Å². The Balaban J connectivity index is 1.82. The Morgan fingerprint density at radius 3 is 2.54 bits per heavy atom. The summed E-state index contributed by atoms with van der Waals surface area (Å²) in [7, 11) is 0. The first-order chi connectivity index (χ1) is 11.3. The van der Waals surface area contributed by atoms with Gasteiger partial charge in [-0.05, 0) is 17.0 Å². The minimum atomic E-state index is -0.345. The molecule has 1 saturated heterocycles. The summed E-state index contributed by atoms with van der Waals surface area (Å²) < 4.78 is 0. The van der Waals surface area contributed by atoms with Crippen LogP contribution in [-0.2, 0) is 4.79 Å². The summed E-state index contributed by atoms with van der Waals surface area (Å²) in [5, 5.41) is 3.37. The van der Waals surface area contributed by atoms with Crippen molar-refractivity contribution < 1.29 is 4.79 Å². The summed E-state index contributed by atoms with van der Waals surface area (Å²) in [5.74, 6) is 1.97. The van der Waals surface area contributed by atoms with Crippen LogP contribution < -0.4 is 5.32 Å². The molecule has 4 atom stereocenters. The number of carbonyl (C=O) groups is 1. The number of likely N-dealkylation sites (tertiary alicyclic amines) is 1. The molecule has 1 N–H and O–H groups in total. The van der Waals surface area contributed by atoms with Crippen LogP contribution in [0.25, 0.3) is 0 Å². The zero-order chi connectivity index (χ0) is 17.5. The third-order valence-electron chi connectivity index (χ3n) is 5.83. The van der Waals surface area contributed by atoms with E-state index < -0.39 is 0 Å². The molecule has 1 aromatic carbocycles. The molecule has 132 valence electrons. The molecular formula is C21H32N2O. The van der Waals surface area contributed by atoms with Gasteiger partial charge >= 0.3 is 0 Å². The van der Waals surface area contributed by atoms with Gasteiger partial charge in [-0.15, -0.1) is 0 Å². The van der Waals surface area contributed by atoms with Gasteiger partial charge in [0.15, 0.2) is 0 Å². The first-order valence-electron chi connectivity index (χ1n) is 9.43. The van der Waals surface area contributed by atoms with Crippen molar-refractivity contribution in [2.24, 2.45) is 17.3 Å². The summed E-state index contributed by atoms with van der Waals surface area (Å²) in [4.78, 5) is 15.2. The average Bonchev–Trinajstić information content (AvgIpc) is 3.05. The number of nitrogens with zero attached hydrogens (tertiary/aromatic N) is 1. The zero-order valence-corrected chi connectivity index (χ0v) is 15.8. The number of hydrogen-bond acceptors (Lipinski definition) is 2. The largest absolute Gasteiger partial charge is 0.348 e. The number of hydrogen-bond donors (Lipinski definition) is 1. The van der Waals surface area contributed by atoms with Gasteiger partial charge in [-0.25, -0.2) is 0 Å². The van der Waals surface area contributed by atoms with E-state index in [4.69, 9.17) is 0 Å². The molecule has 1 aromatic rings. The van der Waals surface area contributed by atoms with E-state index in [0.29, 0.717) is 11.8 Å². The zero-order valence-electron chi connectivity index (χ0n) is 15.8.